The van der Waals surface area contributed by atoms with Crippen molar-refractivity contribution >= 4 is 0 Å². The summed E-state index contributed by atoms with van der Waals surface area (Å²) in [6.45, 7) is 13.2. The molecule has 2 aliphatic heterocycles. The Bertz CT molecular complexity index is 500. The van der Waals surface area contributed by atoms with E-state index in [2.05, 4.69) is 35.8 Å². The quantitative estimate of drug-likeness (QED) is 0.742. The Morgan fingerprint density at radius 3 is 2.36 bits per heavy atom. The Morgan fingerprint density at radius 2 is 1.76 bits per heavy atom. The summed E-state index contributed by atoms with van der Waals surface area (Å²) in [5, 5.41) is 0. The van der Waals surface area contributed by atoms with Crippen LogP contribution in [-0.2, 0) is 11.3 Å². The highest BCUT2D eigenvalue weighted by atomic mass is 16.5. The van der Waals surface area contributed by atoms with E-state index in [4.69, 9.17) is 9.15 Å². The van der Waals surface area contributed by atoms with Gasteiger partial charge in [-0.1, -0.05) is 13.8 Å². The molecule has 2 saturated heterocycles. The first kappa shape index (κ1) is 18.9. The molecule has 25 heavy (non-hydrogen) atoms. The number of nitrogens with zero attached hydrogens (tertiary/aromatic N) is 2. The second-order valence-electron chi connectivity index (χ2n) is 8.28. The third-order valence-corrected chi connectivity index (χ3v) is 5.83. The van der Waals surface area contributed by atoms with Crippen molar-refractivity contribution in [3.05, 3.63) is 23.7 Å². The van der Waals surface area contributed by atoms with Crippen molar-refractivity contribution in [2.24, 2.45) is 5.92 Å². The van der Waals surface area contributed by atoms with Crippen LogP contribution in [0.1, 0.15) is 57.5 Å². The van der Waals surface area contributed by atoms with E-state index < -0.39 is 0 Å². The molecule has 1 aromatic rings. The van der Waals surface area contributed by atoms with E-state index in [1.165, 1.54) is 51.7 Å². The lowest BCUT2D eigenvalue weighted by molar-refractivity contribution is -0.00111. The zero-order valence-electron chi connectivity index (χ0n) is 16.4. The first-order chi connectivity index (χ1) is 12.1. The first-order valence-electron chi connectivity index (χ1n) is 10.2. The second kappa shape index (κ2) is 9.20. The molecule has 3 rings (SSSR count). The van der Waals surface area contributed by atoms with E-state index in [0.29, 0.717) is 0 Å². The van der Waals surface area contributed by atoms with E-state index in [-0.39, 0.29) is 0 Å². The fraction of sp³-hybridized carbons (Fsp3) is 0.810. The van der Waals surface area contributed by atoms with Gasteiger partial charge < -0.3 is 9.15 Å². The maximum Gasteiger partial charge on any atom is 0.118 e. The fourth-order valence-electron chi connectivity index (χ4n) is 4.29. The predicted octanol–water partition coefficient (Wildman–Crippen LogP) is 4.08. The smallest absolute Gasteiger partial charge is 0.118 e. The molecule has 0 radical (unpaired) electrons. The molecule has 1 aromatic heterocycles. The summed E-state index contributed by atoms with van der Waals surface area (Å²) < 4.78 is 11.4. The van der Waals surface area contributed by atoms with Gasteiger partial charge in [0.25, 0.3) is 0 Å². The molecule has 0 saturated carbocycles. The number of ether oxygens (including phenoxy) is 1. The van der Waals surface area contributed by atoms with E-state index >= 15 is 0 Å². The number of likely N-dealkylation sites (tertiary alicyclic amines) is 1. The monoisotopic (exact) mass is 348 g/mol. The zero-order valence-corrected chi connectivity index (χ0v) is 16.4. The lowest BCUT2D eigenvalue weighted by Gasteiger charge is -2.44. The highest BCUT2D eigenvalue weighted by Gasteiger charge is 2.30. The minimum atomic E-state index is 0.733. The third-order valence-electron chi connectivity index (χ3n) is 5.83. The first-order valence-corrected chi connectivity index (χ1v) is 10.2. The van der Waals surface area contributed by atoms with Gasteiger partial charge >= 0.3 is 0 Å². The van der Waals surface area contributed by atoms with E-state index in [1.807, 2.05) is 6.92 Å². The number of furan rings is 1. The van der Waals surface area contributed by atoms with Crippen molar-refractivity contribution in [1.29, 1.82) is 0 Å². The molecule has 0 aromatic carbocycles. The van der Waals surface area contributed by atoms with E-state index in [1.54, 1.807) is 0 Å². The van der Waals surface area contributed by atoms with Crippen LogP contribution in [0.5, 0.6) is 0 Å². The molecule has 0 aliphatic carbocycles. The van der Waals surface area contributed by atoms with Gasteiger partial charge in [0.1, 0.15) is 11.5 Å². The van der Waals surface area contributed by atoms with Gasteiger partial charge in [-0.15, -0.1) is 0 Å². The maximum atomic E-state index is 5.75. The molecular formula is C21H36N2O2. The van der Waals surface area contributed by atoms with Crippen LogP contribution in [0, 0.1) is 12.8 Å². The average molecular weight is 349 g/mol. The van der Waals surface area contributed by atoms with Crippen LogP contribution in [0.25, 0.3) is 0 Å². The molecule has 2 fully saturated rings. The molecular weight excluding hydrogens is 312 g/mol. The van der Waals surface area contributed by atoms with Crippen LogP contribution in [0.4, 0.5) is 0 Å². The molecule has 0 amide bonds. The molecule has 0 unspecified atom stereocenters. The van der Waals surface area contributed by atoms with Gasteiger partial charge in [0.05, 0.1) is 6.54 Å². The molecule has 0 spiro atoms. The average Bonchev–Trinajstić information content (AvgIpc) is 3.02. The Kier molecular flexibility index (Phi) is 6.97. The van der Waals surface area contributed by atoms with Crippen LogP contribution in [0.15, 0.2) is 16.5 Å². The van der Waals surface area contributed by atoms with Gasteiger partial charge in [0, 0.05) is 38.4 Å². The van der Waals surface area contributed by atoms with Crippen LogP contribution >= 0.6 is 0 Å². The molecule has 4 heteroatoms. The molecule has 4 nitrogen and oxygen atoms in total. The molecule has 0 bridgehead atoms. The standard InChI is InChI=1S/C21H36N2O2/c1-17(2)6-13-23(20-9-14-24-15-10-20)19-7-11-22(12-8-19)16-21-5-4-18(3)25-21/h4-5,17,19-20H,6-16H2,1-3H3. The third kappa shape index (κ3) is 5.57. The van der Waals surface area contributed by atoms with Crippen molar-refractivity contribution in [3.63, 3.8) is 0 Å². The van der Waals surface area contributed by atoms with Gasteiger partial charge in [0.15, 0.2) is 0 Å². The second-order valence-corrected chi connectivity index (χ2v) is 8.28. The number of hydrogen-bond donors (Lipinski definition) is 0. The predicted molar refractivity (Wildman–Crippen MR) is 102 cm³/mol. The minimum absolute atomic E-state index is 0.733. The van der Waals surface area contributed by atoms with E-state index in [0.717, 1.165) is 49.3 Å². The molecule has 0 N–H and O–H groups in total. The number of aryl methyl sites for hydroxylation is 1. The Labute approximate surface area is 153 Å². The summed E-state index contributed by atoms with van der Waals surface area (Å²) in [5.41, 5.74) is 0. The summed E-state index contributed by atoms with van der Waals surface area (Å²) in [7, 11) is 0. The highest BCUT2D eigenvalue weighted by molar-refractivity contribution is 5.05. The lowest BCUT2D eigenvalue weighted by atomic mass is 9.96. The van der Waals surface area contributed by atoms with Crippen LogP contribution in [-0.4, -0.2) is 54.7 Å². The van der Waals surface area contributed by atoms with Gasteiger partial charge in [-0.25, -0.2) is 0 Å². The summed E-state index contributed by atoms with van der Waals surface area (Å²) in [6.07, 6.45) is 6.31. The van der Waals surface area contributed by atoms with Gasteiger partial charge in [-0.3, -0.25) is 9.80 Å². The highest BCUT2D eigenvalue weighted by Crippen LogP contribution is 2.25. The lowest BCUT2D eigenvalue weighted by Crippen LogP contribution is -2.50. The molecule has 2 aliphatic rings. The molecule has 3 heterocycles. The van der Waals surface area contributed by atoms with Crippen LogP contribution in [0.2, 0.25) is 0 Å². The van der Waals surface area contributed by atoms with Gasteiger partial charge in [-0.2, -0.15) is 0 Å². The SMILES string of the molecule is Cc1ccc(CN2CCC(N(CCC(C)C)C3CCOCC3)CC2)o1. The molecule has 142 valence electrons. The van der Waals surface area contributed by atoms with Crippen LogP contribution < -0.4 is 0 Å². The van der Waals surface area contributed by atoms with Crippen molar-refractivity contribution < 1.29 is 9.15 Å². The van der Waals surface area contributed by atoms with Crippen LogP contribution in [0.3, 0.4) is 0 Å². The summed E-state index contributed by atoms with van der Waals surface area (Å²) >= 11 is 0. The normalized spacial score (nSPS) is 21.5. The largest absolute Gasteiger partial charge is 0.465 e. The number of rotatable bonds is 7. The Balaban J connectivity index is 1.53. The van der Waals surface area contributed by atoms with Crippen molar-refractivity contribution in [2.45, 2.75) is 71.5 Å². The number of piperidine rings is 1. The minimum Gasteiger partial charge on any atom is -0.465 e. The Hall–Kier alpha value is -0.840. The summed E-state index contributed by atoms with van der Waals surface area (Å²) in [4.78, 5) is 5.40. The van der Waals surface area contributed by atoms with E-state index in [9.17, 15) is 0 Å². The topological polar surface area (TPSA) is 28.9 Å². The number of hydrogen-bond acceptors (Lipinski definition) is 4. The summed E-state index contributed by atoms with van der Waals surface area (Å²) in [5.74, 6) is 2.91. The Morgan fingerprint density at radius 1 is 1.08 bits per heavy atom. The maximum absolute atomic E-state index is 5.75. The molecule has 0 atom stereocenters. The summed E-state index contributed by atoms with van der Waals surface area (Å²) in [6, 6.07) is 5.67. The van der Waals surface area contributed by atoms with Crippen molar-refractivity contribution in [3.8, 4) is 0 Å². The van der Waals surface area contributed by atoms with Gasteiger partial charge in [0.2, 0.25) is 0 Å². The van der Waals surface area contributed by atoms with Gasteiger partial charge in [-0.05, 0) is 63.6 Å². The van der Waals surface area contributed by atoms with Crippen molar-refractivity contribution in [1.82, 2.24) is 9.80 Å². The zero-order chi connectivity index (χ0) is 17.6. The van der Waals surface area contributed by atoms with Crippen molar-refractivity contribution in [2.75, 3.05) is 32.8 Å². The fourth-order valence-corrected chi connectivity index (χ4v) is 4.29.